The predicted octanol–water partition coefficient (Wildman–Crippen LogP) is 2.37. The molecule has 2 nitrogen and oxygen atoms in total. The number of nitriles is 1. The van der Waals surface area contributed by atoms with E-state index in [4.69, 9.17) is 10.00 Å². The van der Waals surface area contributed by atoms with Gasteiger partial charge >= 0.3 is 0 Å². The molecule has 0 saturated heterocycles. The Labute approximate surface area is 80.9 Å². The zero-order valence-corrected chi connectivity index (χ0v) is 8.20. The van der Waals surface area contributed by atoms with Crippen molar-refractivity contribution in [3.8, 4) is 6.07 Å². The summed E-state index contributed by atoms with van der Waals surface area (Å²) >= 11 is 0. The highest BCUT2D eigenvalue weighted by Crippen LogP contribution is 2.36. The number of hydrogen-bond acceptors (Lipinski definition) is 2. The topological polar surface area (TPSA) is 33.0 Å². The molecule has 0 aromatic carbocycles. The second-order valence-corrected chi connectivity index (χ2v) is 3.58. The van der Waals surface area contributed by atoms with Crippen LogP contribution in [0.1, 0.15) is 25.7 Å². The van der Waals surface area contributed by atoms with Gasteiger partial charge in [0.25, 0.3) is 0 Å². The number of ether oxygens (including phenoxy) is 1. The fraction of sp³-hybridized carbons (Fsp3) is 0.727. The van der Waals surface area contributed by atoms with E-state index in [1.165, 1.54) is 0 Å². The highest BCUT2D eigenvalue weighted by Gasteiger charge is 2.34. The second kappa shape index (κ2) is 5.24. The third-order valence-corrected chi connectivity index (χ3v) is 2.86. The summed E-state index contributed by atoms with van der Waals surface area (Å²) in [7, 11) is 1.76. The van der Waals surface area contributed by atoms with Gasteiger partial charge in [0, 0.05) is 13.5 Å². The summed E-state index contributed by atoms with van der Waals surface area (Å²) in [5.41, 5.74) is 0. The van der Waals surface area contributed by atoms with Crippen LogP contribution in [0.15, 0.2) is 0 Å². The first kappa shape index (κ1) is 10.5. The molecule has 0 aliphatic heterocycles. The normalized spacial score (nSPS) is 33.2. The lowest BCUT2D eigenvalue weighted by molar-refractivity contribution is 0.0400. The van der Waals surface area contributed by atoms with Crippen molar-refractivity contribution in [3.63, 3.8) is 0 Å². The van der Waals surface area contributed by atoms with Crippen molar-refractivity contribution >= 4 is 0 Å². The molecule has 1 saturated carbocycles. The van der Waals surface area contributed by atoms with Crippen LogP contribution >= 0.6 is 0 Å². The van der Waals surface area contributed by atoms with Crippen molar-refractivity contribution in [2.75, 3.05) is 7.11 Å². The van der Waals surface area contributed by atoms with Gasteiger partial charge in [0.2, 0.25) is 0 Å². The number of methoxy groups -OCH3 is 1. The van der Waals surface area contributed by atoms with Crippen LogP contribution in [0.25, 0.3) is 0 Å². The third kappa shape index (κ3) is 2.45. The van der Waals surface area contributed by atoms with Gasteiger partial charge in [-0.1, -0.05) is 6.92 Å². The zero-order valence-electron chi connectivity index (χ0n) is 8.20. The summed E-state index contributed by atoms with van der Waals surface area (Å²) in [5, 5.41) is 8.49. The smallest absolute Gasteiger partial charge is 0.0630 e. The van der Waals surface area contributed by atoms with Crippen molar-refractivity contribution in [1.82, 2.24) is 0 Å². The van der Waals surface area contributed by atoms with E-state index in [1.807, 2.05) is 0 Å². The van der Waals surface area contributed by atoms with Gasteiger partial charge in [-0.3, -0.25) is 0 Å². The lowest BCUT2D eigenvalue weighted by Crippen LogP contribution is -2.23. The Morgan fingerprint density at radius 1 is 1.69 bits per heavy atom. The van der Waals surface area contributed by atoms with E-state index in [2.05, 4.69) is 19.4 Å². The fourth-order valence-electron chi connectivity index (χ4n) is 2.13. The van der Waals surface area contributed by atoms with Gasteiger partial charge < -0.3 is 4.74 Å². The van der Waals surface area contributed by atoms with E-state index in [0.717, 1.165) is 19.3 Å². The summed E-state index contributed by atoms with van der Waals surface area (Å²) < 4.78 is 5.44. The number of nitrogens with zero attached hydrogens (tertiary/aromatic N) is 1. The molecule has 0 heterocycles. The van der Waals surface area contributed by atoms with Crippen LogP contribution in [0.5, 0.6) is 0 Å². The Bertz CT molecular complexity index is 185. The van der Waals surface area contributed by atoms with Gasteiger partial charge in [-0.05, 0) is 37.5 Å². The van der Waals surface area contributed by atoms with Crippen molar-refractivity contribution in [1.29, 1.82) is 5.26 Å². The van der Waals surface area contributed by atoms with Gasteiger partial charge in [0.05, 0.1) is 12.2 Å². The molecule has 2 radical (unpaired) electrons. The molecule has 0 amide bonds. The van der Waals surface area contributed by atoms with E-state index in [0.29, 0.717) is 24.4 Å². The molecule has 0 aromatic rings. The van der Waals surface area contributed by atoms with Crippen LogP contribution < -0.4 is 0 Å². The number of rotatable bonds is 4. The van der Waals surface area contributed by atoms with Crippen LogP contribution in [0.2, 0.25) is 0 Å². The lowest BCUT2D eigenvalue weighted by Gasteiger charge is -2.21. The second-order valence-electron chi connectivity index (χ2n) is 3.58. The summed E-state index contributed by atoms with van der Waals surface area (Å²) in [6, 6.07) is 2.18. The predicted molar refractivity (Wildman–Crippen MR) is 51.5 cm³/mol. The Morgan fingerprint density at radius 3 is 3.00 bits per heavy atom. The zero-order chi connectivity index (χ0) is 9.68. The van der Waals surface area contributed by atoms with Crippen LogP contribution in [-0.2, 0) is 4.74 Å². The summed E-state index contributed by atoms with van der Waals surface area (Å²) in [4.78, 5) is 0. The maximum atomic E-state index is 8.49. The minimum atomic E-state index is 0.297. The Balaban J connectivity index is 2.43. The van der Waals surface area contributed by atoms with Gasteiger partial charge in [0.15, 0.2) is 0 Å². The first-order valence-corrected chi connectivity index (χ1v) is 4.85. The fourth-order valence-corrected chi connectivity index (χ4v) is 2.13. The largest absolute Gasteiger partial charge is 0.381 e. The van der Waals surface area contributed by atoms with Gasteiger partial charge in [0.1, 0.15) is 0 Å². The minimum absolute atomic E-state index is 0.297. The summed E-state index contributed by atoms with van der Waals surface area (Å²) in [5.74, 6) is 1.03. The van der Waals surface area contributed by atoms with Gasteiger partial charge in [-0.2, -0.15) is 5.26 Å². The molecule has 3 atom stereocenters. The molecule has 1 rings (SSSR count). The average molecular weight is 179 g/mol. The van der Waals surface area contributed by atoms with E-state index in [9.17, 15) is 0 Å². The van der Waals surface area contributed by atoms with E-state index < -0.39 is 0 Å². The maximum absolute atomic E-state index is 8.49. The van der Waals surface area contributed by atoms with Crippen molar-refractivity contribution in [2.24, 2.45) is 11.8 Å². The van der Waals surface area contributed by atoms with E-state index in [-0.39, 0.29) is 0 Å². The summed E-state index contributed by atoms with van der Waals surface area (Å²) in [6.07, 6.45) is 6.18. The maximum Gasteiger partial charge on any atom is 0.0630 e. The molecular formula is C11H17NO. The molecule has 0 N–H and O–H groups in total. The molecule has 1 fully saturated rings. The van der Waals surface area contributed by atoms with Gasteiger partial charge in [-0.25, -0.2) is 0 Å². The van der Waals surface area contributed by atoms with Crippen LogP contribution in [0.3, 0.4) is 0 Å². The molecule has 13 heavy (non-hydrogen) atoms. The molecule has 2 heteroatoms. The van der Waals surface area contributed by atoms with E-state index in [1.54, 1.807) is 7.11 Å². The van der Waals surface area contributed by atoms with Crippen molar-refractivity contribution in [3.05, 3.63) is 13.3 Å². The average Bonchev–Trinajstić information content (AvgIpc) is 2.56. The molecule has 1 aliphatic carbocycles. The van der Waals surface area contributed by atoms with Gasteiger partial charge in [-0.15, -0.1) is 0 Å². The Morgan fingerprint density at radius 2 is 2.46 bits per heavy atom. The van der Waals surface area contributed by atoms with Crippen LogP contribution in [0, 0.1) is 36.5 Å². The highest BCUT2D eigenvalue weighted by molar-refractivity contribution is 4.98. The molecule has 72 valence electrons. The van der Waals surface area contributed by atoms with Crippen molar-refractivity contribution in [2.45, 2.75) is 31.8 Å². The number of hydrogen-bond donors (Lipinski definition) is 0. The Hall–Kier alpha value is -0.550. The highest BCUT2D eigenvalue weighted by atomic mass is 16.5. The first-order chi connectivity index (χ1) is 6.33. The molecule has 0 spiro atoms. The van der Waals surface area contributed by atoms with Crippen LogP contribution in [-0.4, -0.2) is 13.2 Å². The lowest BCUT2D eigenvalue weighted by atomic mass is 9.95. The first-order valence-electron chi connectivity index (χ1n) is 4.85. The SMILES string of the molecule is [CH2]CC1C[CH]C(CCC#N)C1OC. The monoisotopic (exact) mass is 179 g/mol. The standard InChI is InChI=1S/C11H17NO/c1-3-9-6-7-10(5-4-8-12)11(9)13-2/h7,9-11H,1,3-6H2,2H3. The quantitative estimate of drug-likeness (QED) is 0.663. The minimum Gasteiger partial charge on any atom is -0.381 e. The molecule has 0 aromatic heterocycles. The van der Waals surface area contributed by atoms with Crippen molar-refractivity contribution < 1.29 is 4.74 Å². The molecule has 1 aliphatic rings. The molecule has 3 unspecified atom stereocenters. The third-order valence-electron chi connectivity index (χ3n) is 2.86. The molecular weight excluding hydrogens is 162 g/mol. The van der Waals surface area contributed by atoms with Crippen LogP contribution in [0.4, 0.5) is 0 Å². The Kier molecular flexibility index (Phi) is 4.24. The van der Waals surface area contributed by atoms with E-state index >= 15 is 0 Å². The molecule has 0 bridgehead atoms. The summed E-state index contributed by atoms with van der Waals surface area (Å²) in [6.45, 7) is 3.92.